The number of halogens is 1. The summed E-state index contributed by atoms with van der Waals surface area (Å²) in [5.41, 5.74) is 0. The average molecular weight is 237 g/mol. The molecule has 2 rings (SSSR count). The van der Waals surface area contributed by atoms with Gasteiger partial charge >= 0.3 is 0 Å². The first-order valence-electron chi connectivity index (χ1n) is 5.55. The third-order valence-electron chi connectivity index (χ3n) is 2.94. The van der Waals surface area contributed by atoms with Crippen LogP contribution in [0, 0.1) is 0 Å². The third kappa shape index (κ3) is 4.66. The fourth-order valence-corrected chi connectivity index (χ4v) is 1.93. The van der Waals surface area contributed by atoms with Gasteiger partial charge in [-0.05, 0) is 0 Å². The molecule has 5 heteroatoms. The molecule has 2 saturated heterocycles. The normalized spacial score (nSPS) is 24.8. The van der Waals surface area contributed by atoms with Gasteiger partial charge in [0.1, 0.15) is 0 Å². The van der Waals surface area contributed by atoms with Crippen molar-refractivity contribution in [3.8, 4) is 0 Å². The molecule has 4 nitrogen and oxygen atoms in total. The van der Waals surface area contributed by atoms with E-state index in [9.17, 15) is 0 Å². The smallest absolute Gasteiger partial charge is 0.0594 e. The fraction of sp³-hybridized carbons (Fsp3) is 1.00. The minimum atomic E-state index is 0. The Labute approximate surface area is 97.9 Å². The second kappa shape index (κ2) is 7.41. The summed E-state index contributed by atoms with van der Waals surface area (Å²) in [6.45, 7) is 10.4. The van der Waals surface area contributed by atoms with Crippen LogP contribution in [-0.4, -0.2) is 75.5 Å². The van der Waals surface area contributed by atoms with Crippen LogP contribution in [0.15, 0.2) is 0 Å². The Morgan fingerprint density at radius 2 is 1.00 bits per heavy atom. The number of nitrogens with zero attached hydrogens (tertiary/aromatic N) is 2. The summed E-state index contributed by atoms with van der Waals surface area (Å²) in [6, 6.07) is 0. The summed E-state index contributed by atoms with van der Waals surface area (Å²) < 4.78 is 10.6. The second-order valence-electron chi connectivity index (χ2n) is 3.91. The first kappa shape index (κ1) is 13.2. The molecular formula is C10H21ClN2O2. The zero-order valence-corrected chi connectivity index (χ0v) is 10.0. The molecule has 0 aromatic carbocycles. The number of rotatable bonds is 3. The Kier molecular flexibility index (Phi) is 6.52. The maximum absolute atomic E-state index is 5.32. The molecule has 0 aromatic heterocycles. The first-order valence-corrected chi connectivity index (χ1v) is 5.55. The van der Waals surface area contributed by atoms with Gasteiger partial charge in [0.15, 0.2) is 0 Å². The van der Waals surface area contributed by atoms with Gasteiger partial charge in [-0.2, -0.15) is 0 Å². The van der Waals surface area contributed by atoms with E-state index in [1.165, 1.54) is 13.1 Å². The molecule has 0 aliphatic carbocycles. The average Bonchev–Trinajstić information content (AvgIpc) is 2.29. The van der Waals surface area contributed by atoms with Crippen molar-refractivity contribution in [1.82, 2.24) is 9.80 Å². The molecule has 0 aromatic rings. The highest BCUT2D eigenvalue weighted by molar-refractivity contribution is 5.85. The summed E-state index contributed by atoms with van der Waals surface area (Å²) in [7, 11) is 0. The van der Waals surface area contributed by atoms with Crippen LogP contribution in [0.25, 0.3) is 0 Å². The van der Waals surface area contributed by atoms with E-state index in [-0.39, 0.29) is 12.4 Å². The van der Waals surface area contributed by atoms with E-state index >= 15 is 0 Å². The topological polar surface area (TPSA) is 24.9 Å². The lowest BCUT2D eigenvalue weighted by Crippen LogP contribution is -2.44. The van der Waals surface area contributed by atoms with Gasteiger partial charge in [-0.1, -0.05) is 0 Å². The molecule has 0 N–H and O–H groups in total. The lowest BCUT2D eigenvalue weighted by molar-refractivity contribution is 0.0136. The molecule has 0 radical (unpaired) electrons. The Morgan fingerprint density at radius 1 is 0.667 bits per heavy atom. The van der Waals surface area contributed by atoms with Crippen LogP contribution in [0.4, 0.5) is 0 Å². The molecule has 2 heterocycles. The van der Waals surface area contributed by atoms with Gasteiger partial charge in [0.05, 0.1) is 26.4 Å². The molecule has 0 bridgehead atoms. The number of hydrogen-bond donors (Lipinski definition) is 0. The number of morpholine rings is 2. The maximum atomic E-state index is 5.32. The van der Waals surface area contributed by atoms with Gasteiger partial charge in [0.25, 0.3) is 0 Å². The van der Waals surface area contributed by atoms with Gasteiger partial charge in [-0.3, -0.25) is 9.80 Å². The molecular weight excluding hydrogens is 216 g/mol. The Morgan fingerprint density at radius 3 is 1.33 bits per heavy atom. The lowest BCUT2D eigenvalue weighted by Gasteiger charge is -2.31. The zero-order chi connectivity index (χ0) is 9.64. The quantitative estimate of drug-likeness (QED) is 0.693. The molecule has 0 atom stereocenters. The summed E-state index contributed by atoms with van der Waals surface area (Å²) >= 11 is 0. The van der Waals surface area contributed by atoms with Crippen LogP contribution in [-0.2, 0) is 9.47 Å². The monoisotopic (exact) mass is 236 g/mol. The van der Waals surface area contributed by atoms with E-state index in [4.69, 9.17) is 9.47 Å². The number of hydrogen-bond acceptors (Lipinski definition) is 4. The fourth-order valence-electron chi connectivity index (χ4n) is 1.93. The zero-order valence-electron chi connectivity index (χ0n) is 9.19. The van der Waals surface area contributed by atoms with Crippen molar-refractivity contribution in [3.63, 3.8) is 0 Å². The van der Waals surface area contributed by atoms with E-state index in [0.29, 0.717) is 0 Å². The molecule has 90 valence electrons. The van der Waals surface area contributed by atoms with Crippen molar-refractivity contribution < 1.29 is 9.47 Å². The van der Waals surface area contributed by atoms with E-state index in [2.05, 4.69) is 9.80 Å². The van der Waals surface area contributed by atoms with Gasteiger partial charge < -0.3 is 9.47 Å². The van der Waals surface area contributed by atoms with Crippen molar-refractivity contribution in [3.05, 3.63) is 0 Å². The predicted octanol–water partition coefficient (Wildman–Crippen LogP) is 0.0726. The molecule has 2 aliphatic rings. The highest BCUT2D eigenvalue weighted by Gasteiger charge is 2.13. The van der Waals surface area contributed by atoms with Crippen molar-refractivity contribution in [1.29, 1.82) is 0 Å². The summed E-state index contributed by atoms with van der Waals surface area (Å²) in [5, 5.41) is 0. The SMILES string of the molecule is C1CN(CCN2CCOCC2)CCO1.Cl. The summed E-state index contributed by atoms with van der Waals surface area (Å²) in [6.07, 6.45) is 0. The maximum Gasteiger partial charge on any atom is 0.0594 e. The Bertz CT molecular complexity index is 142. The van der Waals surface area contributed by atoms with Gasteiger partial charge in [0, 0.05) is 39.3 Å². The minimum absolute atomic E-state index is 0. The molecule has 0 spiro atoms. The van der Waals surface area contributed by atoms with Crippen LogP contribution >= 0.6 is 12.4 Å². The van der Waals surface area contributed by atoms with Crippen LogP contribution < -0.4 is 0 Å². The highest BCUT2D eigenvalue weighted by Crippen LogP contribution is 2.00. The van der Waals surface area contributed by atoms with Crippen molar-refractivity contribution in [2.75, 3.05) is 65.7 Å². The minimum Gasteiger partial charge on any atom is -0.379 e. The van der Waals surface area contributed by atoms with E-state index in [1.807, 2.05) is 0 Å². The standard InChI is InChI=1S/C10H20N2O2.ClH/c1(11-3-7-13-8-4-11)2-12-5-9-14-10-6-12;/h1-10H2;1H. The molecule has 0 unspecified atom stereocenters. The Balaban J connectivity index is 0.00000112. The highest BCUT2D eigenvalue weighted by atomic mass is 35.5. The largest absolute Gasteiger partial charge is 0.379 e. The lowest BCUT2D eigenvalue weighted by atomic mass is 10.3. The van der Waals surface area contributed by atoms with E-state index < -0.39 is 0 Å². The summed E-state index contributed by atoms with van der Waals surface area (Å²) in [4.78, 5) is 4.97. The van der Waals surface area contributed by atoms with Crippen LogP contribution in [0.2, 0.25) is 0 Å². The molecule has 2 aliphatic heterocycles. The Hall–Kier alpha value is 0.130. The molecule has 0 amide bonds. The van der Waals surface area contributed by atoms with Crippen LogP contribution in [0.5, 0.6) is 0 Å². The predicted molar refractivity (Wildman–Crippen MR) is 61.8 cm³/mol. The first-order chi connectivity index (χ1) is 6.95. The summed E-state index contributed by atoms with van der Waals surface area (Å²) in [5.74, 6) is 0. The van der Waals surface area contributed by atoms with Gasteiger partial charge in [-0.25, -0.2) is 0 Å². The number of ether oxygens (including phenoxy) is 2. The van der Waals surface area contributed by atoms with Crippen LogP contribution in [0.1, 0.15) is 0 Å². The van der Waals surface area contributed by atoms with E-state index in [0.717, 1.165) is 52.6 Å². The van der Waals surface area contributed by atoms with Crippen molar-refractivity contribution in [2.24, 2.45) is 0 Å². The van der Waals surface area contributed by atoms with Crippen molar-refractivity contribution in [2.45, 2.75) is 0 Å². The third-order valence-corrected chi connectivity index (χ3v) is 2.94. The van der Waals surface area contributed by atoms with Crippen LogP contribution in [0.3, 0.4) is 0 Å². The molecule has 15 heavy (non-hydrogen) atoms. The van der Waals surface area contributed by atoms with Crippen molar-refractivity contribution >= 4 is 12.4 Å². The molecule has 2 fully saturated rings. The molecule has 0 saturated carbocycles. The van der Waals surface area contributed by atoms with Gasteiger partial charge in [0.2, 0.25) is 0 Å². The van der Waals surface area contributed by atoms with E-state index in [1.54, 1.807) is 0 Å². The van der Waals surface area contributed by atoms with Gasteiger partial charge in [-0.15, -0.1) is 12.4 Å². The second-order valence-corrected chi connectivity index (χ2v) is 3.91.